The second-order valence-corrected chi connectivity index (χ2v) is 2.90. The van der Waals surface area contributed by atoms with Crippen LogP contribution in [-0.2, 0) is 0 Å². The van der Waals surface area contributed by atoms with Gasteiger partial charge in [-0.15, -0.1) is 0 Å². The third-order valence-electron chi connectivity index (χ3n) is 1.57. The van der Waals surface area contributed by atoms with E-state index in [1.54, 1.807) is 6.08 Å². The van der Waals surface area contributed by atoms with Crippen molar-refractivity contribution in [2.24, 2.45) is 0 Å². The molecule has 0 saturated heterocycles. The second kappa shape index (κ2) is 3.94. The SMILES string of the molecule is Cc1cc(Cl)ccc1/C=C/C#N. The molecule has 12 heavy (non-hydrogen) atoms. The van der Waals surface area contributed by atoms with Crippen LogP contribution in [0.3, 0.4) is 0 Å². The Morgan fingerprint density at radius 1 is 1.50 bits per heavy atom. The Morgan fingerprint density at radius 2 is 2.25 bits per heavy atom. The monoisotopic (exact) mass is 177 g/mol. The Labute approximate surface area is 76.9 Å². The predicted octanol–water partition coefficient (Wildman–Crippen LogP) is 3.19. The highest BCUT2D eigenvalue weighted by Gasteiger charge is 1.93. The third-order valence-corrected chi connectivity index (χ3v) is 1.80. The Hall–Kier alpha value is -1.26. The average Bonchev–Trinajstić information content (AvgIpc) is 2.03. The summed E-state index contributed by atoms with van der Waals surface area (Å²) >= 11 is 5.76. The van der Waals surface area contributed by atoms with Gasteiger partial charge in [-0.3, -0.25) is 0 Å². The first-order valence-electron chi connectivity index (χ1n) is 3.56. The lowest BCUT2D eigenvalue weighted by Crippen LogP contribution is -1.78. The Kier molecular flexibility index (Phi) is 2.90. The maximum atomic E-state index is 8.31. The number of allylic oxidation sites excluding steroid dienone is 1. The van der Waals surface area contributed by atoms with Crippen LogP contribution in [0.1, 0.15) is 11.1 Å². The van der Waals surface area contributed by atoms with Gasteiger partial charge >= 0.3 is 0 Å². The molecule has 1 rings (SSSR count). The van der Waals surface area contributed by atoms with E-state index in [2.05, 4.69) is 0 Å². The predicted molar refractivity (Wildman–Crippen MR) is 50.8 cm³/mol. The van der Waals surface area contributed by atoms with Crippen LogP contribution < -0.4 is 0 Å². The van der Waals surface area contributed by atoms with E-state index in [-0.39, 0.29) is 0 Å². The number of nitrogens with zero attached hydrogens (tertiary/aromatic N) is 1. The van der Waals surface area contributed by atoms with Crippen molar-refractivity contribution in [1.82, 2.24) is 0 Å². The van der Waals surface area contributed by atoms with E-state index >= 15 is 0 Å². The summed E-state index contributed by atoms with van der Waals surface area (Å²) in [6, 6.07) is 7.52. The molecule has 0 amide bonds. The van der Waals surface area contributed by atoms with E-state index in [0.29, 0.717) is 0 Å². The molecule has 0 atom stereocenters. The van der Waals surface area contributed by atoms with Crippen LogP contribution >= 0.6 is 11.6 Å². The zero-order valence-electron chi connectivity index (χ0n) is 6.71. The van der Waals surface area contributed by atoms with E-state index in [1.165, 1.54) is 6.08 Å². The van der Waals surface area contributed by atoms with Crippen LogP contribution in [0.4, 0.5) is 0 Å². The van der Waals surface area contributed by atoms with E-state index in [1.807, 2.05) is 31.2 Å². The molecule has 1 aromatic rings. The molecule has 0 aromatic heterocycles. The van der Waals surface area contributed by atoms with Gasteiger partial charge in [-0.2, -0.15) is 5.26 Å². The van der Waals surface area contributed by atoms with Crippen molar-refractivity contribution in [3.8, 4) is 6.07 Å². The van der Waals surface area contributed by atoms with Gasteiger partial charge in [0.25, 0.3) is 0 Å². The Bertz CT molecular complexity index is 347. The van der Waals surface area contributed by atoms with Crippen LogP contribution in [0.5, 0.6) is 0 Å². The highest BCUT2D eigenvalue weighted by Crippen LogP contribution is 2.15. The molecule has 0 N–H and O–H groups in total. The number of halogens is 1. The molecule has 0 heterocycles. The van der Waals surface area contributed by atoms with Gasteiger partial charge in [0.2, 0.25) is 0 Å². The first kappa shape index (κ1) is 8.83. The minimum Gasteiger partial charge on any atom is -0.193 e. The average molecular weight is 178 g/mol. The molecule has 0 aliphatic rings. The van der Waals surface area contributed by atoms with Crippen LogP contribution in [-0.4, -0.2) is 0 Å². The first-order valence-corrected chi connectivity index (χ1v) is 3.94. The molecule has 0 spiro atoms. The lowest BCUT2D eigenvalue weighted by molar-refractivity contribution is 1.44. The molecule has 2 heteroatoms. The van der Waals surface area contributed by atoms with Crippen LogP contribution in [0, 0.1) is 18.3 Å². The number of aryl methyl sites for hydroxylation is 1. The quantitative estimate of drug-likeness (QED) is 0.605. The number of hydrogen-bond acceptors (Lipinski definition) is 1. The van der Waals surface area contributed by atoms with Crippen LogP contribution in [0.15, 0.2) is 24.3 Å². The standard InChI is InChI=1S/C10H8ClN/c1-8-7-10(11)5-4-9(8)3-2-6-12/h2-5,7H,1H3/b3-2+. The van der Waals surface area contributed by atoms with Gasteiger partial charge in [0.15, 0.2) is 0 Å². The van der Waals surface area contributed by atoms with Crippen molar-refractivity contribution in [3.05, 3.63) is 40.4 Å². The van der Waals surface area contributed by atoms with Crippen LogP contribution in [0.25, 0.3) is 6.08 Å². The van der Waals surface area contributed by atoms with Crippen molar-refractivity contribution in [2.45, 2.75) is 6.92 Å². The van der Waals surface area contributed by atoms with Gasteiger partial charge in [0.1, 0.15) is 0 Å². The van der Waals surface area contributed by atoms with Crippen molar-refractivity contribution in [2.75, 3.05) is 0 Å². The fourth-order valence-corrected chi connectivity index (χ4v) is 1.18. The Balaban J connectivity index is 3.03. The lowest BCUT2D eigenvalue weighted by atomic mass is 10.1. The third kappa shape index (κ3) is 2.11. The topological polar surface area (TPSA) is 23.8 Å². The van der Waals surface area contributed by atoms with Crippen molar-refractivity contribution in [1.29, 1.82) is 5.26 Å². The number of benzene rings is 1. The van der Waals surface area contributed by atoms with Gasteiger partial charge in [-0.1, -0.05) is 17.7 Å². The summed E-state index contributed by atoms with van der Waals surface area (Å²) in [6.45, 7) is 1.96. The molecule has 0 aliphatic carbocycles. The molecule has 0 bridgehead atoms. The molecule has 0 fully saturated rings. The maximum Gasteiger partial charge on any atom is 0.0912 e. The minimum absolute atomic E-state index is 0.724. The molecule has 1 aromatic carbocycles. The van der Waals surface area contributed by atoms with Gasteiger partial charge < -0.3 is 0 Å². The highest BCUT2D eigenvalue weighted by atomic mass is 35.5. The van der Waals surface area contributed by atoms with Crippen LogP contribution in [0.2, 0.25) is 5.02 Å². The van der Waals surface area contributed by atoms with E-state index in [9.17, 15) is 0 Å². The first-order chi connectivity index (χ1) is 5.74. The van der Waals surface area contributed by atoms with E-state index < -0.39 is 0 Å². The Morgan fingerprint density at radius 3 is 2.83 bits per heavy atom. The largest absolute Gasteiger partial charge is 0.193 e. The highest BCUT2D eigenvalue weighted by molar-refractivity contribution is 6.30. The molecule has 0 aliphatic heterocycles. The fourth-order valence-electron chi connectivity index (χ4n) is 0.953. The van der Waals surface area contributed by atoms with Gasteiger partial charge in [-0.05, 0) is 36.3 Å². The minimum atomic E-state index is 0.724. The van der Waals surface area contributed by atoms with E-state index in [4.69, 9.17) is 16.9 Å². The summed E-state index contributed by atoms with van der Waals surface area (Å²) in [6.07, 6.45) is 3.22. The van der Waals surface area contributed by atoms with Crippen molar-refractivity contribution in [3.63, 3.8) is 0 Å². The zero-order valence-corrected chi connectivity index (χ0v) is 7.47. The maximum absolute atomic E-state index is 8.31. The molecule has 0 saturated carbocycles. The van der Waals surface area contributed by atoms with Gasteiger partial charge in [0, 0.05) is 11.1 Å². The fraction of sp³-hybridized carbons (Fsp3) is 0.100. The summed E-state index contributed by atoms with van der Waals surface area (Å²) < 4.78 is 0. The van der Waals surface area contributed by atoms with Crippen molar-refractivity contribution >= 4 is 17.7 Å². The molecule has 1 nitrogen and oxygen atoms in total. The zero-order chi connectivity index (χ0) is 8.97. The number of rotatable bonds is 1. The lowest BCUT2D eigenvalue weighted by Gasteiger charge is -1.98. The number of nitriles is 1. The number of hydrogen-bond donors (Lipinski definition) is 0. The van der Waals surface area contributed by atoms with E-state index in [0.717, 1.165) is 16.1 Å². The normalized spacial score (nSPS) is 10.1. The molecular weight excluding hydrogens is 170 g/mol. The smallest absolute Gasteiger partial charge is 0.0912 e. The molecular formula is C10H8ClN. The summed E-state index contributed by atoms with van der Waals surface area (Å²) in [7, 11) is 0. The summed E-state index contributed by atoms with van der Waals surface area (Å²) in [4.78, 5) is 0. The summed E-state index contributed by atoms with van der Waals surface area (Å²) in [5.41, 5.74) is 2.11. The van der Waals surface area contributed by atoms with Gasteiger partial charge in [-0.25, -0.2) is 0 Å². The summed E-state index contributed by atoms with van der Waals surface area (Å²) in [5.74, 6) is 0. The summed E-state index contributed by atoms with van der Waals surface area (Å²) in [5, 5.41) is 9.03. The molecule has 60 valence electrons. The molecule has 0 radical (unpaired) electrons. The van der Waals surface area contributed by atoms with Crippen molar-refractivity contribution < 1.29 is 0 Å². The van der Waals surface area contributed by atoms with Gasteiger partial charge in [0.05, 0.1) is 6.07 Å². The molecule has 0 unspecified atom stereocenters. The second-order valence-electron chi connectivity index (χ2n) is 2.46.